The molecule has 1 heterocycles. The Labute approximate surface area is 134 Å². The molecule has 0 saturated carbocycles. The van der Waals surface area contributed by atoms with Gasteiger partial charge >= 0.3 is 0 Å². The number of pyridine rings is 1. The summed E-state index contributed by atoms with van der Waals surface area (Å²) >= 11 is 0. The van der Waals surface area contributed by atoms with Gasteiger partial charge in [-0.15, -0.1) is 12.4 Å². The molecule has 0 amide bonds. The van der Waals surface area contributed by atoms with Gasteiger partial charge in [0.05, 0.1) is 6.20 Å². The van der Waals surface area contributed by atoms with Crippen molar-refractivity contribution in [3.63, 3.8) is 0 Å². The van der Waals surface area contributed by atoms with Gasteiger partial charge in [0, 0.05) is 20.0 Å². The number of carboxylic acid groups (broad SMARTS) is 2. The third-order valence-corrected chi connectivity index (χ3v) is 1.61. The predicted molar refractivity (Wildman–Crippen MR) is 84.6 cm³/mol. The van der Waals surface area contributed by atoms with Crippen LogP contribution in [0.3, 0.4) is 0 Å². The summed E-state index contributed by atoms with van der Waals surface area (Å²) in [5, 5.41) is 14.8. The number of carboxylic acids is 2. The first-order valence-electron chi connectivity index (χ1n) is 5.93. The molecular weight excluding hydrogens is 310 g/mol. The normalized spacial score (nSPS) is 7.91. The summed E-state index contributed by atoms with van der Waals surface area (Å²) in [6, 6.07) is 13.4. The van der Waals surface area contributed by atoms with Crippen molar-refractivity contribution in [2.45, 2.75) is 13.8 Å². The van der Waals surface area contributed by atoms with E-state index in [9.17, 15) is 0 Å². The maximum atomic E-state index is 9.00. The summed E-state index contributed by atoms with van der Waals surface area (Å²) < 4.78 is 5.52. The van der Waals surface area contributed by atoms with Crippen LogP contribution in [0.5, 0.6) is 11.5 Å². The first kappa shape index (κ1) is 21.7. The van der Waals surface area contributed by atoms with E-state index in [0.717, 1.165) is 25.3 Å². The maximum Gasteiger partial charge on any atom is 0.300 e. The van der Waals surface area contributed by atoms with Crippen LogP contribution in [0.25, 0.3) is 0 Å². The summed E-state index contributed by atoms with van der Waals surface area (Å²) in [6.07, 6.45) is 3.41. The molecule has 1 aromatic heterocycles. The van der Waals surface area contributed by atoms with Crippen LogP contribution in [0.1, 0.15) is 13.8 Å². The van der Waals surface area contributed by atoms with Crippen molar-refractivity contribution in [2.24, 2.45) is 0 Å². The number of ether oxygens (including phenoxy) is 1. The third-order valence-electron chi connectivity index (χ3n) is 1.61. The van der Waals surface area contributed by atoms with Crippen LogP contribution in [-0.2, 0) is 9.59 Å². The highest BCUT2D eigenvalue weighted by atomic mass is 35.5. The van der Waals surface area contributed by atoms with E-state index in [1.165, 1.54) is 0 Å². The average Bonchev–Trinajstić information content (AvgIpc) is 2.40. The van der Waals surface area contributed by atoms with Crippen molar-refractivity contribution in [1.82, 2.24) is 4.98 Å². The van der Waals surface area contributed by atoms with E-state index in [1.54, 1.807) is 12.4 Å². The summed E-state index contributed by atoms with van der Waals surface area (Å²) in [4.78, 5) is 22.0. The molecular formula is C15H18ClNO5. The molecule has 0 aliphatic rings. The quantitative estimate of drug-likeness (QED) is 0.876. The number of hydrogen-bond acceptors (Lipinski definition) is 4. The number of nitrogens with zero attached hydrogens (tertiary/aromatic N) is 1. The van der Waals surface area contributed by atoms with Gasteiger partial charge in [-0.2, -0.15) is 0 Å². The lowest BCUT2D eigenvalue weighted by Gasteiger charge is -2.03. The molecule has 0 saturated heterocycles. The zero-order valence-electron chi connectivity index (χ0n) is 12.2. The molecule has 0 aliphatic carbocycles. The summed E-state index contributed by atoms with van der Waals surface area (Å²) in [5.41, 5.74) is 0. The van der Waals surface area contributed by atoms with E-state index in [4.69, 9.17) is 24.5 Å². The summed E-state index contributed by atoms with van der Waals surface area (Å²) in [5.74, 6) is -0.0794. The van der Waals surface area contributed by atoms with Gasteiger partial charge < -0.3 is 14.9 Å². The van der Waals surface area contributed by atoms with Gasteiger partial charge in [0.15, 0.2) is 0 Å². The van der Waals surface area contributed by atoms with E-state index in [2.05, 4.69) is 4.98 Å². The van der Waals surface area contributed by atoms with Crippen LogP contribution < -0.4 is 4.74 Å². The summed E-state index contributed by atoms with van der Waals surface area (Å²) in [7, 11) is 0. The standard InChI is InChI=1S/C11H9NO.2C2H4O2.ClH/c1-2-5-10(6-3-1)13-11-7-4-8-12-9-11;2*1-2(3)4;/h1-9H;2*1H3,(H,3,4);1H. The van der Waals surface area contributed by atoms with E-state index in [1.807, 2.05) is 42.5 Å². The molecule has 2 N–H and O–H groups in total. The minimum Gasteiger partial charge on any atom is -0.481 e. The molecule has 0 radical (unpaired) electrons. The Morgan fingerprint density at radius 1 is 0.909 bits per heavy atom. The minimum atomic E-state index is -0.833. The van der Waals surface area contributed by atoms with Gasteiger partial charge in [0.1, 0.15) is 11.5 Å². The number of aliphatic carboxylic acids is 2. The fourth-order valence-electron chi connectivity index (χ4n) is 1.03. The number of aromatic nitrogens is 1. The van der Waals surface area contributed by atoms with E-state index in [-0.39, 0.29) is 12.4 Å². The lowest BCUT2D eigenvalue weighted by Crippen LogP contribution is -1.83. The van der Waals surface area contributed by atoms with Crippen LogP contribution in [0.4, 0.5) is 0 Å². The molecule has 1 aromatic carbocycles. The zero-order valence-corrected chi connectivity index (χ0v) is 13.0. The van der Waals surface area contributed by atoms with Crippen molar-refractivity contribution < 1.29 is 24.5 Å². The Morgan fingerprint density at radius 2 is 1.36 bits per heavy atom. The lowest BCUT2D eigenvalue weighted by atomic mass is 10.3. The minimum absolute atomic E-state index is 0. The first-order chi connectivity index (χ1) is 9.91. The second-order valence-electron chi connectivity index (χ2n) is 3.64. The monoisotopic (exact) mass is 327 g/mol. The van der Waals surface area contributed by atoms with Gasteiger partial charge in [0.25, 0.3) is 11.9 Å². The molecule has 22 heavy (non-hydrogen) atoms. The Kier molecular flexibility index (Phi) is 13.2. The Balaban J connectivity index is 0. The van der Waals surface area contributed by atoms with Gasteiger partial charge in [-0.3, -0.25) is 14.6 Å². The topological polar surface area (TPSA) is 96.7 Å². The number of para-hydroxylation sites is 1. The fraction of sp³-hybridized carbons (Fsp3) is 0.133. The second kappa shape index (κ2) is 13.4. The molecule has 7 heteroatoms. The Bertz CT molecular complexity index is 477. The molecule has 0 aliphatic heterocycles. The van der Waals surface area contributed by atoms with Crippen LogP contribution in [0.2, 0.25) is 0 Å². The van der Waals surface area contributed by atoms with Gasteiger partial charge in [-0.25, -0.2) is 0 Å². The molecule has 6 nitrogen and oxygen atoms in total. The van der Waals surface area contributed by atoms with Crippen molar-refractivity contribution >= 4 is 24.3 Å². The zero-order chi connectivity index (χ0) is 16.1. The molecule has 0 fully saturated rings. The molecule has 2 aromatic rings. The van der Waals surface area contributed by atoms with Crippen LogP contribution in [0, 0.1) is 0 Å². The van der Waals surface area contributed by atoms with Gasteiger partial charge in [0.2, 0.25) is 0 Å². The number of rotatable bonds is 2. The van der Waals surface area contributed by atoms with Crippen molar-refractivity contribution in [3.8, 4) is 11.5 Å². The molecule has 120 valence electrons. The second-order valence-corrected chi connectivity index (χ2v) is 3.64. The van der Waals surface area contributed by atoms with Gasteiger partial charge in [-0.1, -0.05) is 18.2 Å². The van der Waals surface area contributed by atoms with Crippen LogP contribution in [-0.4, -0.2) is 27.1 Å². The smallest absolute Gasteiger partial charge is 0.300 e. The van der Waals surface area contributed by atoms with Crippen LogP contribution >= 0.6 is 12.4 Å². The molecule has 0 spiro atoms. The van der Waals surface area contributed by atoms with E-state index >= 15 is 0 Å². The highest BCUT2D eigenvalue weighted by molar-refractivity contribution is 5.85. The van der Waals surface area contributed by atoms with Crippen molar-refractivity contribution in [3.05, 3.63) is 54.9 Å². The van der Waals surface area contributed by atoms with Gasteiger partial charge in [-0.05, 0) is 24.3 Å². The van der Waals surface area contributed by atoms with Crippen molar-refractivity contribution in [1.29, 1.82) is 0 Å². The average molecular weight is 328 g/mol. The molecule has 2 rings (SSSR count). The van der Waals surface area contributed by atoms with Crippen LogP contribution in [0.15, 0.2) is 54.9 Å². The van der Waals surface area contributed by atoms with E-state index in [0.29, 0.717) is 0 Å². The molecule has 0 unspecified atom stereocenters. The Morgan fingerprint density at radius 3 is 1.77 bits per heavy atom. The number of carbonyl (C=O) groups is 2. The number of hydrogen-bond donors (Lipinski definition) is 2. The fourth-order valence-corrected chi connectivity index (χ4v) is 1.03. The molecule has 0 bridgehead atoms. The summed E-state index contributed by atoms with van der Waals surface area (Å²) in [6.45, 7) is 2.17. The third kappa shape index (κ3) is 15.5. The lowest BCUT2D eigenvalue weighted by molar-refractivity contribution is -0.135. The SMILES string of the molecule is CC(=O)O.CC(=O)O.Cl.c1ccc(Oc2cccnc2)cc1. The van der Waals surface area contributed by atoms with Crippen molar-refractivity contribution in [2.75, 3.05) is 0 Å². The Hall–Kier alpha value is -2.60. The first-order valence-corrected chi connectivity index (χ1v) is 5.93. The highest BCUT2D eigenvalue weighted by Gasteiger charge is 1.93. The van der Waals surface area contributed by atoms with E-state index < -0.39 is 11.9 Å². The number of benzene rings is 1. The largest absolute Gasteiger partial charge is 0.481 e. The predicted octanol–water partition coefficient (Wildman–Crippen LogP) is 3.48. The maximum absolute atomic E-state index is 9.00. The highest BCUT2D eigenvalue weighted by Crippen LogP contribution is 2.18. The molecule has 0 atom stereocenters. The number of halogens is 1.